The van der Waals surface area contributed by atoms with Gasteiger partial charge in [0.1, 0.15) is 5.69 Å². The van der Waals surface area contributed by atoms with Crippen molar-refractivity contribution in [3.63, 3.8) is 0 Å². The van der Waals surface area contributed by atoms with Crippen molar-refractivity contribution in [1.29, 1.82) is 0 Å². The first-order valence-corrected chi connectivity index (χ1v) is 9.89. The Hall–Kier alpha value is -3.81. The summed E-state index contributed by atoms with van der Waals surface area (Å²) in [7, 11) is 0. The van der Waals surface area contributed by atoms with E-state index in [9.17, 15) is 19.0 Å². The van der Waals surface area contributed by atoms with Gasteiger partial charge >= 0.3 is 6.43 Å². The number of anilines is 1. The Morgan fingerprint density at radius 3 is 2.50 bits per heavy atom. The molecule has 0 aliphatic carbocycles. The normalized spacial score (nSPS) is 12.2. The highest BCUT2D eigenvalue weighted by atomic mass is 32.1. The molecule has 0 radical (unpaired) electrons. The van der Waals surface area contributed by atoms with Gasteiger partial charge in [0, 0.05) is 16.7 Å². The van der Waals surface area contributed by atoms with Crippen molar-refractivity contribution in [2.24, 2.45) is 0 Å². The molecule has 5 aromatic rings. The average Bonchev–Trinajstić information content (AvgIpc) is 3.51. The van der Waals surface area contributed by atoms with Gasteiger partial charge in [0.2, 0.25) is 5.89 Å². The van der Waals surface area contributed by atoms with Gasteiger partial charge in [0.15, 0.2) is 5.13 Å². The molecule has 0 spiro atoms. The third-order valence-electron chi connectivity index (χ3n) is 4.66. The molecule has 0 aliphatic heterocycles. The Bertz CT molecular complexity index is 1410. The minimum Gasteiger partial charge on any atom is -0.415 e. The standard InChI is InChI=1S/C19H13F2N7O3S/c20-15(21)17-26-25-16(31-17)9-1-4-11(5-2-9)19(29,30)28-8-13(24-27-28)10-3-6-12-14(7-10)32-18(22)23-12/h1-8,15,29-30H,(H2,22,23). The van der Waals surface area contributed by atoms with Gasteiger partial charge in [-0.2, -0.15) is 13.5 Å². The van der Waals surface area contributed by atoms with Gasteiger partial charge < -0.3 is 20.4 Å². The summed E-state index contributed by atoms with van der Waals surface area (Å²) in [6.07, 6.45) is -1.50. The topological polar surface area (TPSA) is 149 Å². The molecule has 3 aromatic heterocycles. The summed E-state index contributed by atoms with van der Waals surface area (Å²) in [4.78, 5) is 4.19. The molecule has 5 rings (SSSR count). The molecule has 0 fully saturated rings. The maximum atomic E-state index is 12.6. The Kier molecular flexibility index (Phi) is 4.65. The van der Waals surface area contributed by atoms with E-state index in [-0.39, 0.29) is 11.5 Å². The fourth-order valence-electron chi connectivity index (χ4n) is 3.06. The van der Waals surface area contributed by atoms with Crippen molar-refractivity contribution in [3.05, 3.63) is 60.1 Å². The quantitative estimate of drug-likeness (QED) is 0.339. The molecular weight excluding hydrogens is 444 g/mol. The van der Waals surface area contributed by atoms with Crippen LogP contribution in [0.2, 0.25) is 0 Å². The number of benzene rings is 2. The number of nitrogens with two attached hydrogens (primary N) is 1. The number of thiazole rings is 1. The van der Waals surface area contributed by atoms with Crippen molar-refractivity contribution in [1.82, 2.24) is 30.2 Å². The van der Waals surface area contributed by atoms with Gasteiger partial charge in [0.05, 0.1) is 16.4 Å². The monoisotopic (exact) mass is 457 g/mol. The predicted molar refractivity (Wildman–Crippen MR) is 109 cm³/mol. The van der Waals surface area contributed by atoms with Crippen molar-refractivity contribution in [2.45, 2.75) is 12.3 Å². The number of halogens is 2. The fraction of sp³-hybridized carbons (Fsp3) is 0.105. The summed E-state index contributed by atoms with van der Waals surface area (Å²) < 4.78 is 31.9. The van der Waals surface area contributed by atoms with E-state index in [0.717, 1.165) is 14.9 Å². The van der Waals surface area contributed by atoms with Gasteiger partial charge in [-0.1, -0.05) is 34.7 Å². The Morgan fingerprint density at radius 1 is 1.03 bits per heavy atom. The summed E-state index contributed by atoms with van der Waals surface area (Å²) in [5.74, 6) is -3.43. The lowest BCUT2D eigenvalue weighted by Crippen LogP contribution is -2.34. The van der Waals surface area contributed by atoms with Crippen LogP contribution in [-0.4, -0.2) is 40.4 Å². The summed E-state index contributed by atoms with van der Waals surface area (Å²) in [6, 6.07) is 11.0. The van der Waals surface area contributed by atoms with Crippen LogP contribution in [0.25, 0.3) is 32.9 Å². The lowest BCUT2D eigenvalue weighted by Gasteiger charge is -2.21. The van der Waals surface area contributed by atoms with Crippen molar-refractivity contribution < 1.29 is 23.4 Å². The van der Waals surface area contributed by atoms with Crippen LogP contribution in [-0.2, 0) is 5.91 Å². The molecule has 4 N–H and O–H groups in total. The van der Waals surface area contributed by atoms with E-state index in [4.69, 9.17) is 10.2 Å². The molecule has 0 saturated heterocycles. The molecule has 0 amide bonds. The van der Waals surface area contributed by atoms with Crippen LogP contribution in [0.4, 0.5) is 13.9 Å². The highest BCUT2D eigenvalue weighted by molar-refractivity contribution is 7.22. The largest absolute Gasteiger partial charge is 0.415 e. The number of aliphatic hydroxyl groups is 2. The lowest BCUT2D eigenvalue weighted by molar-refractivity contribution is -0.201. The summed E-state index contributed by atoms with van der Waals surface area (Å²) in [5, 5.41) is 36.5. The number of nitrogens with zero attached hydrogens (tertiary/aromatic N) is 6. The number of aromatic nitrogens is 6. The number of rotatable bonds is 5. The molecule has 0 unspecified atom stereocenters. The minimum atomic E-state index is -2.88. The summed E-state index contributed by atoms with van der Waals surface area (Å²) in [5.41, 5.74) is 7.98. The molecule has 2 aromatic carbocycles. The van der Waals surface area contributed by atoms with Gasteiger partial charge in [0.25, 0.3) is 11.8 Å². The number of hydrogen-bond acceptors (Lipinski definition) is 10. The zero-order valence-corrected chi connectivity index (χ0v) is 16.7. The van der Waals surface area contributed by atoms with E-state index in [2.05, 4.69) is 25.5 Å². The third-order valence-corrected chi connectivity index (χ3v) is 5.51. The van der Waals surface area contributed by atoms with Crippen molar-refractivity contribution in [2.75, 3.05) is 5.73 Å². The highest BCUT2D eigenvalue weighted by Crippen LogP contribution is 2.30. The van der Waals surface area contributed by atoms with Gasteiger partial charge in [-0.3, -0.25) is 0 Å². The number of alkyl halides is 2. The Labute approximate surface area is 181 Å². The van der Waals surface area contributed by atoms with E-state index in [1.54, 1.807) is 12.1 Å². The lowest BCUT2D eigenvalue weighted by atomic mass is 10.1. The summed E-state index contributed by atoms with van der Waals surface area (Å²) in [6.45, 7) is 0. The van der Waals surface area contributed by atoms with E-state index in [1.807, 2.05) is 6.07 Å². The van der Waals surface area contributed by atoms with Crippen LogP contribution in [0.1, 0.15) is 17.9 Å². The van der Waals surface area contributed by atoms with E-state index in [0.29, 0.717) is 22.0 Å². The van der Waals surface area contributed by atoms with Crippen molar-refractivity contribution >= 4 is 26.7 Å². The summed E-state index contributed by atoms with van der Waals surface area (Å²) >= 11 is 1.33. The molecule has 10 nitrogen and oxygen atoms in total. The molecule has 3 heterocycles. The van der Waals surface area contributed by atoms with E-state index < -0.39 is 18.2 Å². The molecule has 32 heavy (non-hydrogen) atoms. The second-order valence-electron chi connectivity index (χ2n) is 6.74. The first-order valence-electron chi connectivity index (χ1n) is 9.08. The minimum absolute atomic E-state index is 0.0528. The smallest absolute Gasteiger partial charge is 0.314 e. The zero-order valence-electron chi connectivity index (χ0n) is 15.9. The first-order chi connectivity index (χ1) is 15.3. The van der Waals surface area contributed by atoms with Crippen LogP contribution in [0.15, 0.2) is 53.1 Å². The van der Waals surface area contributed by atoms with Gasteiger partial charge in [-0.05, 0) is 24.3 Å². The average molecular weight is 457 g/mol. The first kappa shape index (κ1) is 20.1. The van der Waals surface area contributed by atoms with Crippen LogP contribution in [0, 0.1) is 0 Å². The fourth-order valence-corrected chi connectivity index (χ4v) is 3.83. The Morgan fingerprint density at radius 2 is 1.78 bits per heavy atom. The predicted octanol–water partition coefficient (Wildman–Crippen LogP) is 2.77. The number of nitrogen functional groups attached to an aromatic ring is 1. The van der Waals surface area contributed by atoms with Crippen LogP contribution < -0.4 is 5.73 Å². The van der Waals surface area contributed by atoms with Gasteiger partial charge in [-0.25, -0.2) is 4.98 Å². The number of fused-ring (bicyclic) bond motifs is 1. The van der Waals surface area contributed by atoms with E-state index >= 15 is 0 Å². The molecule has 13 heteroatoms. The van der Waals surface area contributed by atoms with Crippen molar-refractivity contribution in [3.8, 4) is 22.7 Å². The Balaban J connectivity index is 1.42. The third kappa shape index (κ3) is 3.47. The highest BCUT2D eigenvalue weighted by Gasteiger charge is 2.30. The molecule has 0 aliphatic rings. The van der Waals surface area contributed by atoms with Crippen LogP contribution in [0.5, 0.6) is 0 Å². The van der Waals surface area contributed by atoms with Gasteiger partial charge in [-0.15, -0.1) is 15.3 Å². The second-order valence-corrected chi connectivity index (χ2v) is 7.80. The maximum Gasteiger partial charge on any atom is 0.314 e. The van der Waals surface area contributed by atoms with Crippen LogP contribution >= 0.6 is 11.3 Å². The molecule has 0 saturated carbocycles. The maximum absolute atomic E-state index is 12.6. The van der Waals surface area contributed by atoms with Crippen LogP contribution in [0.3, 0.4) is 0 Å². The van der Waals surface area contributed by atoms with E-state index in [1.165, 1.54) is 41.8 Å². The zero-order chi connectivity index (χ0) is 22.5. The molecule has 162 valence electrons. The SMILES string of the molecule is Nc1nc2ccc(-c3cn(C(O)(O)c4ccc(-c5nnc(C(F)F)o5)cc4)nn3)cc2s1. The molecular formula is C19H13F2N7O3S. The number of hydrogen-bond donors (Lipinski definition) is 3. The second kappa shape index (κ2) is 7.40. The molecule has 0 atom stereocenters. The molecule has 0 bridgehead atoms.